The van der Waals surface area contributed by atoms with E-state index in [0.29, 0.717) is 0 Å². The third kappa shape index (κ3) is 2.25. The van der Waals surface area contributed by atoms with E-state index < -0.39 is 0 Å². The molecule has 3 aromatic rings. The molecule has 0 aliphatic heterocycles. The molecule has 2 nitrogen and oxygen atoms in total. The highest BCUT2D eigenvalue weighted by Gasteiger charge is 2.29. The Morgan fingerprint density at radius 2 is 1.62 bits per heavy atom. The normalized spacial score (nSPS) is 12.2. The molecular weight excluding hydrogens is 292 g/mol. The van der Waals surface area contributed by atoms with Crippen molar-refractivity contribution in [3.63, 3.8) is 0 Å². The predicted octanol–water partition coefficient (Wildman–Crippen LogP) is 4.38. The third-order valence-electron chi connectivity index (χ3n) is 5.16. The molecule has 0 atom stereocenters. The van der Waals surface area contributed by atoms with Gasteiger partial charge in [0.05, 0.1) is 18.8 Å². The highest BCUT2D eigenvalue weighted by atomic mass is 15.0. The predicted molar refractivity (Wildman–Crippen MR) is 98.0 cm³/mol. The SMILES string of the molecule is Cc1ccc2c(c1)-c1nc(-c3cc(C)cc(C)c3C)[n+](C)cc1C2. The summed E-state index contributed by atoms with van der Waals surface area (Å²) < 4.78 is 2.18. The lowest BCUT2D eigenvalue weighted by Gasteiger charge is -2.09. The van der Waals surface area contributed by atoms with Crippen molar-refractivity contribution in [2.24, 2.45) is 7.05 Å². The summed E-state index contributed by atoms with van der Waals surface area (Å²) in [6.07, 6.45) is 3.24. The van der Waals surface area contributed by atoms with E-state index in [9.17, 15) is 0 Å². The molecule has 0 amide bonds. The number of rotatable bonds is 1. The first kappa shape index (κ1) is 15.1. The van der Waals surface area contributed by atoms with Gasteiger partial charge in [0.15, 0.2) is 5.69 Å². The summed E-state index contributed by atoms with van der Waals surface area (Å²) >= 11 is 0. The Morgan fingerprint density at radius 1 is 0.875 bits per heavy atom. The van der Waals surface area contributed by atoms with Crippen LogP contribution >= 0.6 is 0 Å². The van der Waals surface area contributed by atoms with Crippen molar-refractivity contribution in [3.8, 4) is 22.6 Å². The number of aromatic nitrogens is 2. The third-order valence-corrected chi connectivity index (χ3v) is 5.16. The van der Waals surface area contributed by atoms with Gasteiger partial charge >= 0.3 is 5.82 Å². The van der Waals surface area contributed by atoms with Gasteiger partial charge in [0, 0.05) is 17.5 Å². The minimum Gasteiger partial charge on any atom is -0.233 e. The lowest BCUT2D eigenvalue weighted by molar-refractivity contribution is -0.663. The van der Waals surface area contributed by atoms with Gasteiger partial charge < -0.3 is 0 Å². The molecule has 1 aliphatic carbocycles. The number of benzene rings is 2. The van der Waals surface area contributed by atoms with Crippen molar-refractivity contribution < 1.29 is 4.57 Å². The van der Waals surface area contributed by atoms with E-state index in [1.807, 2.05) is 0 Å². The second-order valence-corrected chi connectivity index (χ2v) is 7.14. The van der Waals surface area contributed by atoms with Gasteiger partial charge in [-0.05, 0) is 67.1 Å². The molecular formula is C22H23N2+. The minimum absolute atomic E-state index is 0.984. The molecule has 1 heterocycles. The summed E-state index contributed by atoms with van der Waals surface area (Å²) in [5, 5.41) is 0. The van der Waals surface area contributed by atoms with E-state index in [4.69, 9.17) is 4.98 Å². The average Bonchev–Trinajstić information content (AvgIpc) is 2.87. The zero-order valence-electron chi connectivity index (χ0n) is 15.1. The fourth-order valence-corrected chi connectivity index (χ4v) is 3.77. The van der Waals surface area contributed by atoms with Crippen LogP contribution in [0, 0.1) is 27.7 Å². The van der Waals surface area contributed by atoms with E-state index in [1.165, 1.54) is 44.5 Å². The maximum atomic E-state index is 5.11. The molecule has 0 bridgehead atoms. The van der Waals surface area contributed by atoms with Crippen molar-refractivity contribution in [1.82, 2.24) is 4.98 Å². The molecule has 2 aromatic carbocycles. The van der Waals surface area contributed by atoms with Crippen molar-refractivity contribution >= 4 is 0 Å². The molecule has 0 spiro atoms. The van der Waals surface area contributed by atoms with Crippen LogP contribution in [0.4, 0.5) is 0 Å². The lowest BCUT2D eigenvalue weighted by Crippen LogP contribution is -2.33. The van der Waals surface area contributed by atoms with Crippen LogP contribution < -0.4 is 4.57 Å². The molecule has 1 aromatic heterocycles. The average molecular weight is 315 g/mol. The molecule has 4 rings (SSSR count). The van der Waals surface area contributed by atoms with Crippen LogP contribution in [0.25, 0.3) is 22.6 Å². The Balaban J connectivity index is 1.97. The Hall–Kier alpha value is -2.48. The molecule has 120 valence electrons. The van der Waals surface area contributed by atoms with Gasteiger partial charge in [-0.25, -0.2) is 4.57 Å². The summed E-state index contributed by atoms with van der Waals surface area (Å²) in [7, 11) is 2.11. The summed E-state index contributed by atoms with van der Waals surface area (Å²) in [6, 6.07) is 11.2. The van der Waals surface area contributed by atoms with Gasteiger partial charge in [0.2, 0.25) is 0 Å². The Morgan fingerprint density at radius 3 is 2.42 bits per heavy atom. The molecule has 0 N–H and O–H groups in total. The Labute approximate surface area is 143 Å². The van der Waals surface area contributed by atoms with Gasteiger partial charge in [0.25, 0.3) is 0 Å². The second-order valence-electron chi connectivity index (χ2n) is 7.14. The van der Waals surface area contributed by atoms with Crippen LogP contribution in [0.5, 0.6) is 0 Å². The Kier molecular flexibility index (Phi) is 3.31. The molecule has 1 aliphatic rings. The Bertz CT molecular complexity index is 984. The van der Waals surface area contributed by atoms with Crippen molar-refractivity contribution in [1.29, 1.82) is 0 Å². The maximum Gasteiger partial charge on any atom is 0.331 e. The van der Waals surface area contributed by atoms with E-state index >= 15 is 0 Å². The zero-order chi connectivity index (χ0) is 17.0. The first-order valence-corrected chi connectivity index (χ1v) is 8.51. The lowest BCUT2D eigenvalue weighted by atomic mass is 9.99. The van der Waals surface area contributed by atoms with Gasteiger partial charge in [-0.1, -0.05) is 23.8 Å². The molecule has 0 radical (unpaired) electrons. The van der Waals surface area contributed by atoms with Gasteiger partial charge in [0.1, 0.15) is 0 Å². The molecule has 0 fully saturated rings. The topological polar surface area (TPSA) is 16.8 Å². The van der Waals surface area contributed by atoms with Gasteiger partial charge in [-0.15, -0.1) is 0 Å². The highest BCUT2D eigenvalue weighted by molar-refractivity contribution is 5.75. The summed E-state index contributed by atoms with van der Waals surface area (Å²) in [5.74, 6) is 1.05. The fraction of sp³-hybridized carbons (Fsp3) is 0.273. The number of nitrogens with zero attached hydrogens (tertiary/aromatic N) is 2. The molecule has 0 unspecified atom stereocenters. The molecule has 0 saturated carbocycles. The summed E-state index contributed by atoms with van der Waals surface area (Å²) in [5.41, 5.74) is 11.6. The number of aryl methyl sites for hydroxylation is 4. The monoisotopic (exact) mass is 315 g/mol. The van der Waals surface area contributed by atoms with E-state index in [-0.39, 0.29) is 0 Å². The summed E-state index contributed by atoms with van der Waals surface area (Å²) in [6.45, 7) is 8.67. The van der Waals surface area contributed by atoms with Crippen LogP contribution in [0.1, 0.15) is 33.4 Å². The smallest absolute Gasteiger partial charge is 0.233 e. The fourth-order valence-electron chi connectivity index (χ4n) is 3.77. The van der Waals surface area contributed by atoms with Crippen LogP contribution in [0.15, 0.2) is 36.5 Å². The molecule has 2 heteroatoms. The first-order chi connectivity index (χ1) is 11.4. The van der Waals surface area contributed by atoms with Crippen molar-refractivity contribution in [3.05, 3.63) is 69.9 Å². The standard InChI is InChI=1S/C22H23N2/c1-13-6-7-17-11-18-12-24(5)22(23-21(18)20(17)9-13)19-10-14(2)8-15(3)16(19)4/h6-10,12H,11H2,1-5H3/q+1. The molecule has 0 saturated heterocycles. The largest absolute Gasteiger partial charge is 0.331 e. The van der Waals surface area contributed by atoms with Crippen LogP contribution in [0.3, 0.4) is 0 Å². The van der Waals surface area contributed by atoms with Gasteiger partial charge in [-0.2, -0.15) is 0 Å². The quantitative estimate of drug-likeness (QED) is 0.476. The maximum absolute atomic E-state index is 5.11. The van der Waals surface area contributed by atoms with Gasteiger partial charge in [-0.3, -0.25) is 0 Å². The number of hydrogen-bond acceptors (Lipinski definition) is 1. The zero-order valence-corrected chi connectivity index (χ0v) is 15.1. The summed E-state index contributed by atoms with van der Waals surface area (Å²) in [4.78, 5) is 5.11. The van der Waals surface area contributed by atoms with Crippen molar-refractivity contribution in [2.45, 2.75) is 34.1 Å². The van der Waals surface area contributed by atoms with Crippen LogP contribution in [-0.4, -0.2) is 4.98 Å². The van der Waals surface area contributed by atoms with E-state index in [1.54, 1.807) is 0 Å². The number of fused-ring (bicyclic) bond motifs is 3. The second kappa shape index (κ2) is 5.27. The van der Waals surface area contributed by atoms with Crippen LogP contribution in [-0.2, 0) is 13.5 Å². The first-order valence-electron chi connectivity index (χ1n) is 8.51. The van der Waals surface area contributed by atoms with E-state index in [2.05, 4.69) is 75.8 Å². The van der Waals surface area contributed by atoms with Crippen LogP contribution in [0.2, 0.25) is 0 Å². The number of hydrogen-bond donors (Lipinski definition) is 0. The van der Waals surface area contributed by atoms with E-state index in [0.717, 1.165) is 17.9 Å². The highest BCUT2D eigenvalue weighted by Crippen LogP contribution is 2.36. The van der Waals surface area contributed by atoms with Crippen molar-refractivity contribution in [2.75, 3.05) is 0 Å². The molecule has 24 heavy (non-hydrogen) atoms. The minimum atomic E-state index is 0.984.